The van der Waals surface area contributed by atoms with Crippen molar-refractivity contribution < 1.29 is 9.53 Å². The van der Waals surface area contributed by atoms with E-state index in [4.69, 9.17) is 0 Å². The van der Waals surface area contributed by atoms with Crippen molar-refractivity contribution in [1.82, 2.24) is 19.6 Å². The van der Waals surface area contributed by atoms with Crippen LogP contribution in [0.4, 0.5) is 0 Å². The van der Waals surface area contributed by atoms with E-state index >= 15 is 0 Å². The van der Waals surface area contributed by atoms with Crippen LogP contribution < -0.4 is 0 Å². The van der Waals surface area contributed by atoms with Gasteiger partial charge < -0.3 is 4.74 Å². The average molecular weight is 220 g/mol. The monoisotopic (exact) mass is 220 g/mol. The number of nitrogens with zero attached hydrogens (tertiary/aromatic N) is 4. The van der Waals surface area contributed by atoms with Crippen LogP contribution in [0, 0.1) is 0 Å². The van der Waals surface area contributed by atoms with Gasteiger partial charge in [-0.1, -0.05) is 13.8 Å². The molecule has 0 spiro atoms. The van der Waals surface area contributed by atoms with Crippen molar-refractivity contribution in [2.24, 2.45) is 0 Å². The first-order valence-corrected chi connectivity index (χ1v) is 4.93. The summed E-state index contributed by atoms with van der Waals surface area (Å²) < 4.78 is 6.13. The molecule has 0 aliphatic carbocycles. The zero-order chi connectivity index (χ0) is 11.7. The molecule has 6 heteroatoms. The van der Waals surface area contributed by atoms with E-state index in [9.17, 15) is 4.79 Å². The lowest BCUT2D eigenvalue weighted by Crippen LogP contribution is -2.05. The molecule has 0 fully saturated rings. The molecule has 0 atom stereocenters. The molecule has 2 aromatic rings. The van der Waals surface area contributed by atoms with Gasteiger partial charge in [0.2, 0.25) is 0 Å². The Morgan fingerprint density at radius 1 is 1.50 bits per heavy atom. The summed E-state index contributed by atoms with van der Waals surface area (Å²) in [5.74, 6) is 0.160. The van der Waals surface area contributed by atoms with Crippen LogP contribution in [-0.2, 0) is 4.74 Å². The average Bonchev–Trinajstić information content (AvgIpc) is 2.70. The van der Waals surface area contributed by atoms with Gasteiger partial charge in [0.05, 0.1) is 12.8 Å². The van der Waals surface area contributed by atoms with E-state index < -0.39 is 5.97 Å². The minimum Gasteiger partial charge on any atom is -0.463 e. The van der Waals surface area contributed by atoms with Crippen LogP contribution in [0.2, 0.25) is 0 Å². The zero-order valence-corrected chi connectivity index (χ0v) is 9.34. The van der Waals surface area contributed by atoms with Crippen LogP contribution in [0.25, 0.3) is 5.78 Å². The van der Waals surface area contributed by atoms with Crippen LogP contribution in [-0.4, -0.2) is 32.7 Å². The Labute approximate surface area is 92.3 Å². The van der Waals surface area contributed by atoms with Crippen molar-refractivity contribution in [3.05, 3.63) is 23.8 Å². The highest BCUT2D eigenvalue weighted by molar-refractivity contribution is 5.85. The van der Waals surface area contributed by atoms with Crippen molar-refractivity contribution in [3.8, 4) is 0 Å². The van der Waals surface area contributed by atoms with E-state index in [0.29, 0.717) is 5.78 Å². The molecule has 0 aliphatic rings. The lowest BCUT2D eigenvalue weighted by molar-refractivity contribution is 0.0587. The largest absolute Gasteiger partial charge is 0.463 e. The van der Waals surface area contributed by atoms with Crippen LogP contribution in [0.5, 0.6) is 0 Å². The van der Waals surface area contributed by atoms with Gasteiger partial charge in [-0.25, -0.2) is 14.3 Å². The van der Waals surface area contributed by atoms with Gasteiger partial charge >= 0.3 is 5.97 Å². The highest BCUT2D eigenvalue weighted by atomic mass is 16.5. The first-order valence-electron chi connectivity index (χ1n) is 4.93. The molecule has 84 valence electrons. The maximum atomic E-state index is 11.3. The minimum atomic E-state index is -0.555. The first-order chi connectivity index (χ1) is 7.63. The Morgan fingerprint density at radius 2 is 2.25 bits per heavy atom. The van der Waals surface area contributed by atoms with Crippen molar-refractivity contribution in [1.29, 1.82) is 0 Å². The topological polar surface area (TPSA) is 69.4 Å². The normalized spacial score (nSPS) is 11.0. The molecule has 6 nitrogen and oxygen atoms in total. The summed E-state index contributed by atoms with van der Waals surface area (Å²) in [6.07, 6.45) is 1.65. The van der Waals surface area contributed by atoms with Crippen LogP contribution in [0.1, 0.15) is 36.1 Å². The molecular weight excluding hydrogens is 208 g/mol. The second-order valence-corrected chi connectivity index (χ2v) is 3.66. The molecule has 0 aromatic carbocycles. The van der Waals surface area contributed by atoms with Gasteiger partial charge in [-0.05, 0) is 12.0 Å². The molecule has 0 saturated carbocycles. The second kappa shape index (κ2) is 3.88. The number of esters is 1. The van der Waals surface area contributed by atoms with Gasteiger partial charge in [0.1, 0.15) is 0 Å². The van der Waals surface area contributed by atoms with Gasteiger partial charge in [0.15, 0.2) is 0 Å². The predicted molar refractivity (Wildman–Crippen MR) is 56.2 cm³/mol. The third kappa shape index (κ3) is 1.62. The quantitative estimate of drug-likeness (QED) is 0.707. The number of carbonyl (C=O) groups is 1. The zero-order valence-electron chi connectivity index (χ0n) is 9.34. The predicted octanol–water partition coefficient (Wildman–Crippen LogP) is 1.03. The molecule has 0 bridgehead atoms. The van der Waals surface area contributed by atoms with Crippen LogP contribution in [0.15, 0.2) is 12.3 Å². The highest BCUT2D eigenvalue weighted by Crippen LogP contribution is 2.13. The van der Waals surface area contributed by atoms with E-state index in [-0.39, 0.29) is 11.7 Å². The number of hydrogen-bond donors (Lipinski definition) is 0. The molecule has 2 heterocycles. The number of ether oxygens (including phenoxy) is 1. The van der Waals surface area contributed by atoms with E-state index in [2.05, 4.69) is 19.8 Å². The Kier molecular flexibility index (Phi) is 2.55. The van der Waals surface area contributed by atoms with Gasteiger partial charge in [0, 0.05) is 6.20 Å². The lowest BCUT2D eigenvalue weighted by atomic mass is 10.1. The van der Waals surface area contributed by atoms with Gasteiger partial charge in [-0.2, -0.15) is 4.98 Å². The molecule has 0 amide bonds. The van der Waals surface area contributed by atoms with Crippen LogP contribution in [0.3, 0.4) is 0 Å². The molecule has 0 N–H and O–H groups in total. The molecular formula is C10H12N4O2. The fourth-order valence-electron chi connectivity index (χ4n) is 1.43. The maximum absolute atomic E-state index is 11.3. The number of rotatable bonds is 2. The molecule has 0 unspecified atom stereocenters. The summed E-state index contributed by atoms with van der Waals surface area (Å²) >= 11 is 0. The van der Waals surface area contributed by atoms with Crippen molar-refractivity contribution in [2.75, 3.05) is 7.11 Å². The Balaban J connectivity index is 2.61. The third-order valence-corrected chi connectivity index (χ3v) is 2.23. The van der Waals surface area contributed by atoms with E-state index in [1.807, 2.05) is 19.9 Å². The summed E-state index contributed by atoms with van der Waals surface area (Å²) in [5.41, 5.74) is 0.952. The van der Waals surface area contributed by atoms with Crippen LogP contribution >= 0.6 is 0 Å². The van der Waals surface area contributed by atoms with E-state index in [0.717, 1.165) is 5.69 Å². The highest BCUT2D eigenvalue weighted by Gasteiger charge is 2.16. The van der Waals surface area contributed by atoms with Crippen molar-refractivity contribution in [2.45, 2.75) is 19.8 Å². The fourth-order valence-corrected chi connectivity index (χ4v) is 1.43. The Hall–Kier alpha value is -1.98. The van der Waals surface area contributed by atoms with E-state index in [1.165, 1.54) is 7.11 Å². The summed E-state index contributed by atoms with van der Waals surface area (Å²) in [6, 6.07) is 1.85. The molecule has 0 radical (unpaired) electrons. The number of carbonyl (C=O) groups excluding carboxylic acids is 1. The Bertz CT molecular complexity index is 533. The number of hydrogen-bond acceptors (Lipinski definition) is 5. The van der Waals surface area contributed by atoms with E-state index in [1.54, 1.807) is 10.7 Å². The molecule has 0 aliphatic heterocycles. The van der Waals surface area contributed by atoms with Gasteiger partial charge in [0.25, 0.3) is 11.6 Å². The van der Waals surface area contributed by atoms with Crippen molar-refractivity contribution in [3.63, 3.8) is 0 Å². The molecule has 16 heavy (non-hydrogen) atoms. The maximum Gasteiger partial charge on any atom is 0.378 e. The SMILES string of the molecule is COC(=O)c1nc2nccc(C(C)C)n2n1. The standard InChI is InChI=1S/C10H12N4O2/c1-6(2)7-4-5-11-10-12-8(9(15)16-3)13-14(7)10/h4-6H,1-3H3. The van der Waals surface area contributed by atoms with Gasteiger partial charge in [-0.3, -0.25) is 0 Å². The van der Waals surface area contributed by atoms with Crippen molar-refractivity contribution >= 4 is 11.7 Å². The Morgan fingerprint density at radius 3 is 2.88 bits per heavy atom. The third-order valence-electron chi connectivity index (χ3n) is 2.23. The summed E-state index contributed by atoms with van der Waals surface area (Å²) in [4.78, 5) is 19.3. The number of aromatic nitrogens is 4. The fraction of sp³-hybridized carbons (Fsp3) is 0.400. The smallest absolute Gasteiger partial charge is 0.378 e. The molecule has 0 saturated heterocycles. The minimum absolute atomic E-state index is 0.0306. The summed E-state index contributed by atoms with van der Waals surface area (Å²) in [5, 5.41) is 4.07. The second-order valence-electron chi connectivity index (χ2n) is 3.66. The number of methoxy groups -OCH3 is 1. The molecule has 2 aromatic heterocycles. The van der Waals surface area contributed by atoms with Gasteiger partial charge in [-0.15, -0.1) is 5.10 Å². The lowest BCUT2D eigenvalue weighted by Gasteiger charge is -2.05. The summed E-state index contributed by atoms with van der Waals surface area (Å²) in [6.45, 7) is 4.07. The first kappa shape index (κ1) is 10.5. The molecule has 2 rings (SSSR count). The summed E-state index contributed by atoms with van der Waals surface area (Å²) in [7, 11) is 1.30. The number of fused-ring (bicyclic) bond motifs is 1.